The Hall–Kier alpha value is -1.36. The highest BCUT2D eigenvalue weighted by Gasteiger charge is 2.14. The molecule has 82 valence electrons. The third-order valence-electron chi connectivity index (χ3n) is 1.80. The zero-order chi connectivity index (χ0) is 11.4. The monoisotopic (exact) mass is 227 g/mol. The normalized spacial score (nSPS) is 11.3. The number of aryl methyl sites for hydroxylation is 1. The van der Waals surface area contributed by atoms with Crippen LogP contribution >= 0.6 is 11.3 Å². The van der Waals surface area contributed by atoms with E-state index in [0.29, 0.717) is 16.5 Å². The van der Waals surface area contributed by atoms with Crippen molar-refractivity contribution < 1.29 is 14.3 Å². The zero-order valence-corrected chi connectivity index (χ0v) is 9.97. The molecule has 0 radical (unpaired) electrons. The van der Waals surface area contributed by atoms with Crippen LogP contribution in [-0.2, 0) is 9.47 Å². The Morgan fingerprint density at radius 2 is 2.07 bits per heavy atom. The molecule has 1 heterocycles. The lowest BCUT2D eigenvalue weighted by Gasteiger charge is -1.99. The van der Waals surface area contributed by atoms with Crippen molar-refractivity contribution >= 4 is 28.2 Å². The van der Waals surface area contributed by atoms with Gasteiger partial charge in [0.25, 0.3) is 0 Å². The molecular formula is C10H13NO3S. The van der Waals surface area contributed by atoms with E-state index in [1.165, 1.54) is 25.6 Å². The second kappa shape index (κ2) is 4.93. The highest BCUT2D eigenvalue weighted by Crippen LogP contribution is 2.31. The van der Waals surface area contributed by atoms with Crippen LogP contribution in [0.1, 0.15) is 22.2 Å². The fourth-order valence-electron chi connectivity index (χ4n) is 1.03. The Bertz CT molecular complexity index is 395. The molecule has 0 atom stereocenters. The molecule has 0 spiro atoms. The van der Waals surface area contributed by atoms with Crippen LogP contribution in [-0.4, -0.2) is 26.1 Å². The van der Waals surface area contributed by atoms with Crippen molar-refractivity contribution in [3.63, 3.8) is 0 Å². The molecule has 0 aromatic carbocycles. The second-order valence-corrected chi connectivity index (χ2v) is 4.14. The van der Waals surface area contributed by atoms with Gasteiger partial charge in [-0.25, -0.2) is 9.79 Å². The SMILES string of the molecule is COC(=O)c1cc(C)sc1N=C(C)OC. The van der Waals surface area contributed by atoms with E-state index in [0.717, 1.165) is 4.88 Å². The fraction of sp³-hybridized carbons (Fsp3) is 0.400. The van der Waals surface area contributed by atoms with Gasteiger partial charge in [-0.15, -0.1) is 11.3 Å². The van der Waals surface area contributed by atoms with Gasteiger partial charge in [0.15, 0.2) is 5.90 Å². The summed E-state index contributed by atoms with van der Waals surface area (Å²) in [6, 6.07) is 1.76. The van der Waals surface area contributed by atoms with Gasteiger partial charge < -0.3 is 9.47 Å². The quantitative estimate of drug-likeness (QED) is 0.443. The maximum Gasteiger partial charge on any atom is 0.340 e. The van der Waals surface area contributed by atoms with Gasteiger partial charge in [0.2, 0.25) is 0 Å². The van der Waals surface area contributed by atoms with Gasteiger partial charge >= 0.3 is 5.97 Å². The summed E-state index contributed by atoms with van der Waals surface area (Å²) in [5.74, 6) is 0.143. The number of ether oxygens (including phenoxy) is 2. The lowest BCUT2D eigenvalue weighted by atomic mass is 10.3. The van der Waals surface area contributed by atoms with Gasteiger partial charge in [0.1, 0.15) is 5.00 Å². The van der Waals surface area contributed by atoms with Crippen molar-refractivity contribution in [2.24, 2.45) is 4.99 Å². The molecule has 4 nitrogen and oxygen atoms in total. The molecule has 0 aliphatic heterocycles. The predicted octanol–water partition coefficient (Wildman–Crippen LogP) is 2.54. The van der Waals surface area contributed by atoms with Crippen LogP contribution in [0, 0.1) is 6.92 Å². The molecule has 0 bridgehead atoms. The summed E-state index contributed by atoms with van der Waals surface area (Å²) in [6.07, 6.45) is 0. The molecule has 1 aromatic rings. The Morgan fingerprint density at radius 3 is 2.60 bits per heavy atom. The average molecular weight is 227 g/mol. The third-order valence-corrected chi connectivity index (χ3v) is 2.74. The number of methoxy groups -OCH3 is 2. The van der Waals surface area contributed by atoms with Gasteiger partial charge in [0.05, 0.1) is 19.8 Å². The van der Waals surface area contributed by atoms with Crippen LogP contribution in [0.3, 0.4) is 0 Å². The number of carbonyl (C=O) groups is 1. The van der Waals surface area contributed by atoms with Crippen molar-refractivity contribution in [1.82, 2.24) is 0 Å². The second-order valence-electron chi connectivity index (χ2n) is 2.90. The Labute approximate surface area is 92.5 Å². The van der Waals surface area contributed by atoms with Crippen LogP contribution in [0.25, 0.3) is 0 Å². The number of carbonyl (C=O) groups excluding carboxylic acids is 1. The first kappa shape index (κ1) is 11.7. The number of rotatable bonds is 2. The van der Waals surface area contributed by atoms with Crippen LogP contribution in [0.5, 0.6) is 0 Å². The van der Waals surface area contributed by atoms with E-state index < -0.39 is 0 Å². The molecule has 0 aliphatic rings. The first-order chi connectivity index (χ1) is 7.08. The Balaban J connectivity index is 3.12. The highest BCUT2D eigenvalue weighted by molar-refractivity contribution is 7.16. The van der Waals surface area contributed by atoms with E-state index in [-0.39, 0.29) is 5.97 Å². The van der Waals surface area contributed by atoms with Gasteiger partial charge in [-0.1, -0.05) is 0 Å². The Morgan fingerprint density at radius 1 is 1.40 bits per heavy atom. The minimum absolute atomic E-state index is 0.373. The van der Waals surface area contributed by atoms with Crippen molar-refractivity contribution in [2.45, 2.75) is 13.8 Å². The minimum Gasteiger partial charge on any atom is -0.484 e. The standard InChI is InChI=1S/C10H13NO3S/c1-6-5-8(10(12)14-4)9(15-6)11-7(2)13-3/h5H,1-4H3. The summed E-state index contributed by atoms with van der Waals surface area (Å²) in [5, 5.41) is 0.624. The van der Waals surface area contributed by atoms with Crippen LogP contribution in [0.4, 0.5) is 5.00 Å². The lowest BCUT2D eigenvalue weighted by molar-refractivity contribution is 0.0602. The first-order valence-electron chi connectivity index (χ1n) is 4.36. The lowest BCUT2D eigenvalue weighted by Crippen LogP contribution is -2.00. The fourth-order valence-corrected chi connectivity index (χ4v) is 1.94. The average Bonchev–Trinajstić information content (AvgIpc) is 2.58. The number of aliphatic imine (C=N–C) groups is 1. The minimum atomic E-state index is -0.373. The molecule has 0 unspecified atom stereocenters. The molecule has 1 aromatic heterocycles. The summed E-state index contributed by atoms with van der Waals surface area (Å²) in [5.41, 5.74) is 0.483. The number of esters is 1. The predicted molar refractivity (Wildman–Crippen MR) is 60.2 cm³/mol. The topological polar surface area (TPSA) is 47.9 Å². The van der Waals surface area contributed by atoms with Gasteiger partial charge in [-0.05, 0) is 13.0 Å². The van der Waals surface area contributed by atoms with Crippen molar-refractivity contribution in [3.05, 3.63) is 16.5 Å². The number of hydrogen-bond acceptors (Lipinski definition) is 5. The maximum atomic E-state index is 11.4. The molecule has 0 saturated heterocycles. The molecule has 15 heavy (non-hydrogen) atoms. The summed E-state index contributed by atoms with van der Waals surface area (Å²) < 4.78 is 9.60. The third kappa shape index (κ3) is 2.79. The smallest absolute Gasteiger partial charge is 0.340 e. The molecule has 0 amide bonds. The van der Waals surface area contributed by atoms with E-state index in [1.807, 2.05) is 6.92 Å². The van der Waals surface area contributed by atoms with Crippen LogP contribution in [0.2, 0.25) is 0 Å². The summed E-state index contributed by atoms with van der Waals surface area (Å²) in [6.45, 7) is 3.65. The molecule has 0 N–H and O–H groups in total. The molecule has 0 aliphatic carbocycles. The molecule has 0 fully saturated rings. The molecule has 5 heteroatoms. The largest absolute Gasteiger partial charge is 0.484 e. The van der Waals surface area contributed by atoms with E-state index >= 15 is 0 Å². The summed E-state index contributed by atoms with van der Waals surface area (Å²) in [4.78, 5) is 16.6. The molecule has 0 saturated carbocycles. The zero-order valence-electron chi connectivity index (χ0n) is 9.16. The van der Waals surface area contributed by atoms with Crippen LogP contribution < -0.4 is 0 Å². The molecular weight excluding hydrogens is 214 g/mol. The van der Waals surface area contributed by atoms with Crippen molar-refractivity contribution in [3.8, 4) is 0 Å². The number of thiophene rings is 1. The van der Waals surface area contributed by atoms with E-state index in [2.05, 4.69) is 9.73 Å². The summed E-state index contributed by atoms with van der Waals surface area (Å²) in [7, 11) is 2.89. The van der Waals surface area contributed by atoms with Gasteiger partial charge in [-0.3, -0.25) is 0 Å². The highest BCUT2D eigenvalue weighted by atomic mass is 32.1. The van der Waals surface area contributed by atoms with Crippen molar-refractivity contribution in [2.75, 3.05) is 14.2 Å². The van der Waals surface area contributed by atoms with Crippen molar-refractivity contribution in [1.29, 1.82) is 0 Å². The van der Waals surface area contributed by atoms with Crippen LogP contribution in [0.15, 0.2) is 11.1 Å². The van der Waals surface area contributed by atoms with Gasteiger partial charge in [0, 0.05) is 11.8 Å². The number of hydrogen-bond donors (Lipinski definition) is 0. The van der Waals surface area contributed by atoms with E-state index in [9.17, 15) is 4.79 Å². The van der Waals surface area contributed by atoms with E-state index in [1.54, 1.807) is 13.0 Å². The maximum absolute atomic E-state index is 11.4. The Kier molecular flexibility index (Phi) is 3.85. The summed E-state index contributed by atoms with van der Waals surface area (Å²) >= 11 is 1.43. The van der Waals surface area contributed by atoms with Gasteiger partial charge in [-0.2, -0.15) is 0 Å². The van der Waals surface area contributed by atoms with E-state index in [4.69, 9.17) is 4.74 Å². The molecule has 1 rings (SSSR count). The first-order valence-corrected chi connectivity index (χ1v) is 5.18. The number of nitrogens with zero attached hydrogens (tertiary/aromatic N) is 1.